The quantitative estimate of drug-likeness (QED) is 0.679. The highest BCUT2D eigenvalue weighted by molar-refractivity contribution is 7.98. The first-order valence-electron chi connectivity index (χ1n) is 6.48. The average Bonchev–Trinajstić information content (AvgIpc) is 2.93. The van der Waals surface area contributed by atoms with Gasteiger partial charge in [0.25, 0.3) is 0 Å². The molecule has 4 nitrogen and oxygen atoms in total. The van der Waals surface area contributed by atoms with Crippen molar-refractivity contribution >= 4 is 11.8 Å². The first-order valence-corrected chi connectivity index (χ1v) is 7.47. The summed E-state index contributed by atoms with van der Waals surface area (Å²) in [6, 6.07) is 16.6. The van der Waals surface area contributed by atoms with Gasteiger partial charge in [0.15, 0.2) is 0 Å². The second-order valence-electron chi connectivity index (χ2n) is 4.52. The van der Waals surface area contributed by atoms with Crippen molar-refractivity contribution in [2.75, 3.05) is 0 Å². The molecule has 0 radical (unpaired) electrons. The van der Waals surface area contributed by atoms with Crippen LogP contribution in [0.5, 0.6) is 0 Å². The van der Waals surface area contributed by atoms with Crippen molar-refractivity contribution in [2.24, 2.45) is 0 Å². The van der Waals surface area contributed by atoms with Crippen LogP contribution in [0.4, 0.5) is 4.39 Å². The molecule has 0 spiro atoms. The lowest BCUT2D eigenvalue weighted by Crippen LogP contribution is -2.03. The third-order valence-corrected chi connectivity index (χ3v) is 3.96. The molecule has 0 saturated heterocycles. The molecule has 1 aromatic heterocycles. The highest BCUT2D eigenvalue weighted by atomic mass is 32.2. The van der Waals surface area contributed by atoms with Gasteiger partial charge in [-0.05, 0) is 33.7 Å². The Kier molecular flexibility index (Phi) is 4.25. The molecular weight excluding hydrogens is 287 g/mol. The second kappa shape index (κ2) is 6.49. The summed E-state index contributed by atoms with van der Waals surface area (Å²) < 4.78 is 14.9. The van der Waals surface area contributed by atoms with Gasteiger partial charge in [0.1, 0.15) is 5.82 Å². The molecule has 0 atom stereocenters. The van der Waals surface area contributed by atoms with Crippen LogP contribution >= 0.6 is 11.8 Å². The highest BCUT2D eigenvalue weighted by Crippen LogP contribution is 2.20. The van der Waals surface area contributed by atoms with Crippen molar-refractivity contribution in [3.8, 4) is 0 Å². The first kappa shape index (κ1) is 13.8. The molecule has 0 fully saturated rings. The van der Waals surface area contributed by atoms with E-state index >= 15 is 0 Å². The van der Waals surface area contributed by atoms with Crippen LogP contribution < -0.4 is 0 Å². The molecule has 0 aliphatic heterocycles. The summed E-state index contributed by atoms with van der Waals surface area (Å²) in [6.07, 6.45) is 0. The van der Waals surface area contributed by atoms with E-state index in [1.54, 1.807) is 10.7 Å². The summed E-state index contributed by atoms with van der Waals surface area (Å²) in [5.74, 6) is 0.407. The van der Waals surface area contributed by atoms with Crippen LogP contribution in [0.2, 0.25) is 0 Å². The maximum Gasteiger partial charge on any atom is 0.209 e. The molecule has 0 amide bonds. The molecule has 2 aromatic carbocycles. The smallest absolute Gasteiger partial charge is 0.209 e. The van der Waals surface area contributed by atoms with Gasteiger partial charge in [-0.1, -0.05) is 54.2 Å². The molecule has 21 heavy (non-hydrogen) atoms. The zero-order valence-electron chi connectivity index (χ0n) is 11.2. The van der Waals surface area contributed by atoms with E-state index in [4.69, 9.17) is 0 Å². The van der Waals surface area contributed by atoms with Gasteiger partial charge in [0.2, 0.25) is 5.16 Å². The van der Waals surface area contributed by atoms with Crippen LogP contribution in [0.25, 0.3) is 0 Å². The summed E-state index contributed by atoms with van der Waals surface area (Å²) in [5, 5.41) is 12.5. The molecule has 0 aliphatic carbocycles. The molecule has 3 aromatic rings. The fraction of sp³-hybridized carbons (Fsp3) is 0.133. The molecule has 0 saturated carbocycles. The van der Waals surface area contributed by atoms with E-state index in [9.17, 15) is 4.39 Å². The van der Waals surface area contributed by atoms with Gasteiger partial charge in [-0.2, -0.15) is 0 Å². The molecule has 1 heterocycles. The average molecular weight is 300 g/mol. The van der Waals surface area contributed by atoms with Crippen molar-refractivity contribution < 1.29 is 4.39 Å². The van der Waals surface area contributed by atoms with E-state index in [0.717, 1.165) is 16.3 Å². The molecule has 106 valence electrons. The summed E-state index contributed by atoms with van der Waals surface area (Å²) in [4.78, 5) is 0. The van der Waals surface area contributed by atoms with Gasteiger partial charge < -0.3 is 0 Å². The van der Waals surface area contributed by atoms with Crippen molar-refractivity contribution in [1.82, 2.24) is 20.2 Å². The standard InChI is InChI=1S/C15H13FN4S/c16-14-8-4-7-13(9-14)11-21-15-17-18-19-20(15)10-12-5-2-1-3-6-12/h1-9H,10-11H2. The van der Waals surface area contributed by atoms with Gasteiger partial charge in [0, 0.05) is 5.75 Å². The maximum absolute atomic E-state index is 13.1. The minimum Gasteiger partial charge on any atom is -0.216 e. The predicted octanol–water partition coefficient (Wildman–Crippen LogP) is 3.15. The largest absolute Gasteiger partial charge is 0.216 e. The van der Waals surface area contributed by atoms with Crippen LogP contribution in [0, 0.1) is 5.82 Å². The van der Waals surface area contributed by atoms with Gasteiger partial charge in [-0.25, -0.2) is 9.07 Å². The molecule has 3 rings (SSSR count). The molecule has 0 bridgehead atoms. The van der Waals surface area contributed by atoms with Crippen LogP contribution in [-0.4, -0.2) is 20.2 Å². The number of tetrazole rings is 1. The third kappa shape index (κ3) is 3.66. The van der Waals surface area contributed by atoms with Crippen molar-refractivity contribution in [1.29, 1.82) is 0 Å². The lowest BCUT2D eigenvalue weighted by molar-refractivity contribution is 0.603. The van der Waals surface area contributed by atoms with E-state index in [0.29, 0.717) is 12.3 Å². The van der Waals surface area contributed by atoms with Crippen LogP contribution in [-0.2, 0) is 12.3 Å². The number of nitrogens with zero attached hydrogens (tertiary/aromatic N) is 4. The number of aromatic nitrogens is 4. The van der Waals surface area contributed by atoms with Crippen LogP contribution in [0.3, 0.4) is 0 Å². The number of benzene rings is 2. The molecule has 6 heteroatoms. The minimum atomic E-state index is -0.225. The zero-order valence-corrected chi connectivity index (χ0v) is 12.0. The fourth-order valence-corrected chi connectivity index (χ4v) is 2.75. The third-order valence-electron chi connectivity index (χ3n) is 2.93. The molecule has 0 N–H and O–H groups in total. The minimum absolute atomic E-state index is 0.225. The monoisotopic (exact) mass is 300 g/mol. The molecule has 0 unspecified atom stereocenters. The second-order valence-corrected chi connectivity index (χ2v) is 5.47. The number of thioether (sulfide) groups is 1. The Bertz CT molecular complexity index is 714. The van der Waals surface area contributed by atoms with Crippen LogP contribution in [0.1, 0.15) is 11.1 Å². The Balaban J connectivity index is 1.68. The zero-order chi connectivity index (χ0) is 14.5. The molecule has 0 aliphatic rings. The number of hydrogen-bond donors (Lipinski definition) is 0. The first-order chi connectivity index (χ1) is 10.3. The number of rotatable bonds is 5. The van der Waals surface area contributed by atoms with Crippen molar-refractivity contribution in [3.63, 3.8) is 0 Å². The summed E-state index contributed by atoms with van der Waals surface area (Å²) in [6.45, 7) is 0.624. The summed E-state index contributed by atoms with van der Waals surface area (Å²) >= 11 is 1.49. The number of hydrogen-bond acceptors (Lipinski definition) is 4. The van der Waals surface area contributed by atoms with E-state index in [1.165, 1.54) is 23.9 Å². The fourth-order valence-electron chi connectivity index (χ4n) is 1.93. The van der Waals surface area contributed by atoms with Crippen molar-refractivity contribution in [2.45, 2.75) is 17.5 Å². The highest BCUT2D eigenvalue weighted by Gasteiger charge is 2.08. The van der Waals surface area contributed by atoms with E-state index in [-0.39, 0.29) is 5.82 Å². The Hall–Kier alpha value is -2.21. The number of halogens is 1. The lowest BCUT2D eigenvalue weighted by atomic mass is 10.2. The Morgan fingerprint density at radius 2 is 1.81 bits per heavy atom. The SMILES string of the molecule is Fc1cccc(CSc2nnnn2Cc2ccccc2)c1. The van der Waals surface area contributed by atoms with E-state index in [1.807, 2.05) is 36.4 Å². The Morgan fingerprint density at radius 1 is 1.00 bits per heavy atom. The predicted molar refractivity (Wildman–Crippen MR) is 79.3 cm³/mol. The topological polar surface area (TPSA) is 43.6 Å². The maximum atomic E-state index is 13.1. The summed E-state index contributed by atoms with van der Waals surface area (Å²) in [7, 11) is 0. The van der Waals surface area contributed by atoms with Gasteiger partial charge in [-0.15, -0.1) is 5.10 Å². The normalized spacial score (nSPS) is 10.7. The van der Waals surface area contributed by atoms with Gasteiger partial charge >= 0.3 is 0 Å². The van der Waals surface area contributed by atoms with E-state index in [2.05, 4.69) is 15.5 Å². The Morgan fingerprint density at radius 3 is 2.62 bits per heavy atom. The van der Waals surface area contributed by atoms with E-state index < -0.39 is 0 Å². The molecular formula is C15H13FN4S. The van der Waals surface area contributed by atoms with Gasteiger partial charge in [-0.3, -0.25) is 0 Å². The lowest BCUT2D eigenvalue weighted by Gasteiger charge is -2.04. The van der Waals surface area contributed by atoms with Crippen LogP contribution in [0.15, 0.2) is 59.8 Å². The summed E-state index contributed by atoms with van der Waals surface area (Å²) in [5.41, 5.74) is 2.05. The Labute approximate surface area is 126 Å². The van der Waals surface area contributed by atoms with Crippen molar-refractivity contribution in [3.05, 3.63) is 71.5 Å². The van der Waals surface area contributed by atoms with Gasteiger partial charge in [0.05, 0.1) is 6.54 Å².